The predicted octanol–water partition coefficient (Wildman–Crippen LogP) is 3.76. The third-order valence-corrected chi connectivity index (χ3v) is 3.03. The molecule has 0 saturated heterocycles. The minimum absolute atomic E-state index is 0.215. The maximum atomic E-state index is 13.3. The molecule has 0 unspecified atom stereocenters. The lowest BCUT2D eigenvalue weighted by Gasteiger charge is -2.07. The van der Waals surface area contributed by atoms with Crippen LogP contribution in [0.5, 0.6) is 0 Å². The molecule has 0 radical (unpaired) electrons. The molecular formula is C13H16ClFN2. The number of halogens is 2. The van der Waals surface area contributed by atoms with Crippen LogP contribution >= 0.6 is 11.6 Å². The van der Waals surface area contributed by atoms with Crippen LogP contribution in [0.15, 0.2) is 18.2 Å². The van der Waals surface area contributed by atoms with Gasteiger partial charge in [-0.3, -0.25) is 0 Å². The molecule has 0 saturated carbocycles. The highest BCUT2D eigenvalue weighted by Crippen LogP contribution is 2.19. The summed E-state index contributed by atoms with van der Waals surface area (Å²) in [5.41, 5.74) is 1.72. The van der Waals surface area contributed by atoms with Crippen molar-refractivity contribution in [2.75, 3.05) is 5.88 Å². The summed E-state index contributed by atoms with van der Waals surface area (Å²) in [7, 11) is 0. The van der Waals surface area contributed by atoms with E-state index in [0.29, 0.717) is 5.88 Å². The van der Waals surface area contributed by atoms with Crippen molar-refractivity contribution in [2.24, 2.45) is 0 Å². The van der Waals surface area contributed by atoms with Crippen LogP contribution in [0.1, 0.15) is 25.6 Å². The Labute approximate surface area is 105 Å². The van der Waals surface area contributed by atoms with Crippen LogP contribution in [0.2, 0.25) is 0 Å². The Morgan fingerprint density at radius 1 is 1.41 bits per heavy atom. The van der Waals surface area contributed by atoms with E-state index in [1.165, 1.54) is 6.07 Å². The quantitative estimate of drug-likeness (QED) is 0.743. The number of benzene rings is 1. The van der Waals surface area contributed by atoms with Gasteiger partial charge in [0.05, 0.1) is 11.0 Å². The van der Waals surface area contributed by atoms with E-state index in [1.807, 2.05) is 0 Å². The topological polar surface area (TPSA) is 17.8 Å². The molecule has 0 aliphatic rings. The summed E-state index contributed by atoms with van der Waals surface area (Å²) in [5, 5.41) is 0. The number of unbranched alkanes of at least 4 members (excludes halogenated alkanes) is 1. The second kappa shape index (κ2) is 5.50. The van der Waals surface area contributed by atoms with Crippen molar-refractivity contribution in [3.05, 3.63) is 29.8 Å². The van der Waals surface area contributed by atoms with Gasteiger partial charge in [-0.2, -0.15) is 0 Å². The maximum Gasteiger partial charge on any atom is 0.125 e. The van der Waals surface area contributed by atoms with Crippen molar-refractivity contribution in [1.82, 2.24) is 9.55 Å². The number of hydrogen-bond donors (Lipinski definition) is 0. The molecule has 0 atom stereocenters. The first-order valence-corrected chi connectivity index (χ1v) is 6.50. The normalized spacial score (nSPS) is 11.2. The smallest absolute Gasteiger partial charge is 0.125 e. The van der Waals surface area contributed by atoms with E-state index in [2.05, 4.69) is 16.5 Å². The van der Waals surface area contributed by atoms with E-state index in [0.717, 1.165) is 42.7 Å². The first-order valence-electron chi connectivity index (χ1n) is 5.97. The first-order chi connectivity index (χ1) is 8.26. The molecule has 0 aliphatic carbocycles. The summed E-state index contributed by atoms with van der Waals surface area (Å²) in [6.07, 6.45) is 2.90. The average Bonchev–Trinajstić information content (AvgIpc) is 2.64. The fraction of sp³-hybridized carbons (Fsp3) is 0.462. The van der Waals surface area contributed by atoms with Crippen molar-refractivity contribution in [1.29, 1.82) is 0 Å². The highest BCUT2D eigenvalue weighted by atomic mass is 35.5. The van der Waals surface area contributed by atoms with Gasteiger partial charge in [-0.25, -0.2) is 9.37 Å². The second-order valence-electron chi connectivity index (χ2n) is 4.11. The summed E-state index contributed by atoms with van der Waals surface area (Å²) in [6.45, 7) is 3.02. The van der Waals surface area contributed by atoms with Gasteiger partial charge in [-0.15, -0.1) is 11.6 Å². The van der Waals surface area contributed by atoms with E-state index in [4.69, 9.17) is 11.6 Å². The van der Waals surface area contributed by atoms with E-state index < -0.39 is 0 Å². The highest BCUT2D eigenvalue weighted by Gasteiger charge is 2.10. The van der Waals surface area contributed by atoms with Crippen LogP contribution in [0.3, 0.4) is 0 Å². The summed E-state index contributed by atoms with van der Waals surface area (Å²) < 4.78 is 15.4. The SMILES string of the molecule is CCCCn1c(CCCl)nc2ccc(F)cc21. The standard InChI is InChI=1S/C13H16ClFN2/c1-2-3-8-17-12-9-10(15)4-5-11(12)16-13(17)6-7-14/h4-5,9H,2-3,6-8H2,1H3. The zero-order chi connectivity index (χ0) is 12.3. The fourth-order valence-electron chi connectivity index (χ4n) is 1.99. The minimum atomic E-state index is -0.215. The molecule has 17 heavy (non-hydrogen) atoms. The average molecular weight is 255 g/mol. The van der Waals surface area contributed by atoms with Crippen molar-refractivity contribution in [2.45, 2.75) is 32.7 Å². The van der Waals surface area contributed by atoms with Gasteiger partial charge < -0.3 is 4.57 Å². The minimum Gasteiger partial charge on any atom is -0.328 e. The summed E-state index contributed by atoms with van der Waals surface area (Å²) >= 11 is 5.77. The van der Waals surface area contributed by atoms with E-state index >= 15 is 0 Å². The zero-order valence-corrected chi connectivity index (χ0v) is 10.7. The number of aryl methyl sites for hydroxylation is 2. The van der Waals surface area contributed by atoms with Crippen LogP contribution in [0.4, 0.5) is 4.39 Å². The zero-order valence-electron chi connectivity index (χ0n) is 9.92. The summed E-state index contributed by atoms with van der Waals surface area (Å²) in [5.74, 6) is 1.28. The van der Waals surface area contributed by atoms with Gasteiger partial charge in [0.2, 0.25) is 0 Å². The molecule has 1 aromatic heterocycles. The Kier molecular flexibility index (Phi) is 4.00. The molecule has 0 fully saturated rings. The molecule has 1 aromatic carbocycles. The van der Waals surface area contributed by atoms with Gasteiger partial charge in [-0.1, -0.05) is 13.3 Å². The molecule has 0 spiro atoms. The van der Waals surface area contributed by atoms with Gasteiger partial charge in [0.15, 0.2) is 0 Å². The first kappa shape index (κ1) is 12.4. The Balaban J connectivity index is 2.47. The van der Waals surface area contributed by atoms with Crippen LogP contribution in [0, 0.1) is 5.82 Å². The fourth-order valence-corrected chi connectivity index (χ4v) is 2.16. The number of aromatic nitrogens is 2. The number of alkyl halides is 1. The van der Waals surface area contributed by atoms with Crippen molar-refractivity contribution in [3.63, 3.8) is 0 Å². The molecule has 92 valence electrons. The highest BCUT2D eigenvalue weighted by molar-refractivity contribution is 6.17. The van der Waals surface area contributed by atoms with Gasteiger partial charge in [0.25, 0.3) is 0 Å². The van der Waals surface area contributed by atoms with Gasteiger partial charge in [0, 0.05) is 18.8 Å². The lowest BCUT2D eigenvalue weighted by Crippen LogP contribution is -2.04. The molecule has 0 aliphatic heterocycles. The molecule has 0 amide bonds. The lowest BCUT2D eigenvalue weighted by molar-refractivity contribution is 0.612. The van der Waals surface area contributed by atoms with E-state index in [-0.39, 0.29) is 5.82 Å². The third-order valence-electron chi connectivity index (χ3n) is 2.84. The molecule has 0 N–H and O–H groups in total. The Morgan fingerprint density at radius 3 is 2.94 bits per heavy atom. The van der Waals surface area contributed by atoms with Crippen LogP contribution in [-0.2, 0) is 13.0 Å². The summed E-state index contributed by atoms with van der Waals surface area (Å²) in [6, 6.07) is 4.73. The molecule has 2 rings (SSSR count). The van der Waals surface area contributed by atoms with Gasteiger partial charge in [0.1, 0.15) is 11.6 Å². The third kappa shape index (κ3) is 2.60. The summed E-state index contributed by atoms with van der Waals surface area (Å²) in [4.78, 5) is 4.51. The molecule has 4 heteroatoms. The predicted molar refractivity (Wildman–Crippen MR) is 69.0 cm³/mol. The van der Waals surface area contributed by atoms with E-state index in [9.17, 15) is 4.39 Å². The monoisotopic (exact) mass is 254 g/mol. The number of fused-ring (bicyclic) bond motifs is 1. The van der Waals surface area contributed by atoms with E-state index in [1.54, 1.807) is 12.1 Å². The Morgan fingerprint density at radius 2 is 2.24 bits per heavy atom. The molecule has 0 bridgehead atoms. The van der Waals surface area contributed by atoms with Crippen LogP contribution in [0.25, 0.3) is 11.0 Å². The number of nitrogens with zero attached hydrogens (tertiary/aromatic N) is 2. The molecule has 2 nitrogen and oxygen atoms in total. The lowest BCUT2D eigenvalue weighted by atomic mass is 10.3. The molecular weight excluding hydrogens is 239 g/mol. The van der Waals surface area contributed by atoms with Crippen molar-refractivity contribution < 1.29 is 4.39 Å². The second-order valence-corrected chi connectivity index (χ2v) is 4.48. The van der Waals surface area contributed by atoms with Gasteiger partial charge >= 0.3 is 0 Å². The number of rotatable bonds is 5. The van der Waals surface area contributed by atoms with Crippen LogP contribution in [-0.4, -0.2) is 15.4 Å². The number of hydrogen-bond acceptors (Lipinski definition) is 1. The number of imidazole rings is 1. The Hall–Kier alpha value is -1.09. The van der Waals surface area contributed by atoms with Crippen molar-refractivity contribution in [3.8, 4) is 0 Å². The van der Waals surface area contributed by atoms with Crippen LogP contribution < -0.4 is 0 Å². The Bertz CT molecular complexity index is 507. The largest absolute Gasteiger partial charge is 0.328 e. The molecule has 1 heterocycles. The van der Waals surface area contributed by atoms with Gasteiger partial charge in [-0.05, 0) is 24.6 Å². The van der Waals surface area contributed by atoms with Crippen molar-refractivity contribution >= 4 is 22.6 Å². The molecule has 2 aromatic rings. The maximum absolute atomic E-state index is 13.3.